The number of para-hydroxylation sites is 1. The van der Waals surface area contributed by atoms with Crippen LogP contribution in [-0.2, 0) is 10.0 Å². The van der Waals surface area contributed by atoms with Crippen LogP contribution >= 0.6 is 0 Å². The summed E-state index contributed by atoms with van der Waals surface area (Å²) in [6.07, 6.45) is 1.18. The van der Waals surface area contributed by atoms with Crippen molar-refractivity contribution in [1.29, 1.82) is 0 Å². The van der Waals surface area contributed by atoms with Crippen molar-refractivity contribution < 1.29 is 13.6 Å². The van der Waals surface area contributed by atoms with Crippen molar-refractivity contribution in [2.45, 2.75) is 4.90 Å². The molecule has 0 saturated heterocycles. The molecule has 1 aromatic carbocycles. The fourth-order valence-corrected chi connectivity index (χ4v) is 2.38. The fraction of sp³-hybridized carbons (Fsp3) is 0.111. The predicted octanol–water partition coefficient (Wildman–Crippen LogP) is 0.787. The summed E-state index contributed by atoms with van der Waals surface area (Å²) >= 11 is 0. The van der Waals surface area contributed by atoms with E-state index in [1.807, 2.05) is 0 Å². The Morgan fingerprint density at radius 1 is 1.33 bits per heavy atom. The molecule has 2 N–H and O–H groups in total. The Bertz CT molecular complexity index is 601. The molecule has 0 bridgehead atoms. The van der Waals surface area contributed by atoms with Crippen LogP contribution in [0.4, 0.5) is 0 Å². The summed E-state index contributed by atoms with van der Waals surface area (Å²) < 4.78 is 26.2. The lowest BCUT2D eigenvalue weighted by Crippen LogP contribution is -2.18. The van der Waals surface area contributed by atoms with Gasteiger partial charge in [0.15, 0.2) is 0 Å². The largest absolute Gasteiger partial charge is 0.428 e. The molecule has 5 nitrogen and oxygen atoms in total. The van der Waals surface area contributed by atoms with Gasteiger partial charge in [0, 0.05) is 5.39 Å². The summed E-state index contributed by atoms with van der Waals surface area (Å²) in [5, 5.41) is 9.97. The van der Waals surface area contributed by atoms with Gasteiger partial charge in [0.2, 0.25) is 10.0 Å². The van der Waals surface area contributed by atoms with Gasteiger partial charge in [-0.25, -0.2) is 13.1 Å². The summed E-state index contributed by atoms with van der Waals surface area (Å²) in [4.78, 5) is 0.0723. The molecule has 2 aromatic rings. The molecule has 0 aliphatic rings. The van der Waals surface area contributed by atoms with Gasteiger partial charge < -0.3 is 5.21 Å². The normalized spacial score (nSPS) is 12.1. The third-order valence-electron chi connectivity index (χ3n) is 2.21. The van der Waals surface area contributed by atoms with Crippen LogP contribution in [-0.4, -0.2) is 25.4 Å². The van der Waals surface area contributed by atoms with Crippen molar-refractivity contribution in [2.75, 3.05) is 7.05 Å². The number of hydrogen-bond donors (Lipinski definition) is 2. The molecule has 6 heteroatoms. The molecular formula is C9H10N2O3S. The van der Waals surface area contributed by atoms with E-state index in [0.717, 1.165) is 4.73 Å². The highest BCUT2D eigenvalue weighted by Gasteiger charge is 2.18. The Labute approximate surface area is 87.0 Å². The van der Waals surface area contributed by atoms with Crippen LogP contribution in [0.25, 0.3) is 10.9 Å². The van der Waals surface area contributed by atoms with E-state index < -0.39 is 10.0 Å². The van der Waals surface area contributed by atoms with Gasteiger partial charge in [-0.1, -0.05) is 18.2 Å². The van der Waals surface area contributed by atoms with Crippen LogP contribution in [0.1, 0.15) is 0 Å². The number of fused-ring (bicyclic) bond motifs is 1. The number of benzene rings is 1. The predicted molar refractivity (Wildman–Crippen MR) is 55.4 cm³/mol. The summed E-state index contributed by atoms with van der Waals surface area (Å²) in [7, 11) is -2.20. The topological polar surface area (TPSA) is 71.3 Å². The van der Waals surface area contributed by atoms with Gasteiger partial charge >= 0.3 is 0 Å². The first-order chi connectivity index (χ1) is 7.06. The highest BCUT2D eigenvalue weighted by Crippen LogP contribution is 2.23. The third kappa shape index (κ3) is 1.47. The zero-order valence-electron chi connectivity index (χ0n) is 8.01. The summed E-state index contributed by atoms with van der Waals surface area (Å²) in [6.45, 7) is 0. The quantitative estimate of drug-likeness (QED) is 0.743. The van der Waals surface area contributed by atoms with Crippen LogP contribution in [0, 0.1) is 0 Å². The SMILES string of the molecule is CNS(=O)(=O)c1cn(O)c2ccccc12. The molecular weight excluding hydrogens is 216 g/mol. The van der Waals surface area contributed by atoms with Gasteiger partial charge in [-0.3, -0.25) is 0 Å². The second kappa shape index (κ2) is 3.25. The van der Waals surface area contributed by atoms with E-state index in [9.17, 15) is 13.6 Å². The van der Waals surface area contributed by atoms with E-state index >= 15 is 0 Å². The summed E-state index contributed by atoms with van der Waals surface area (Å²) in [6, 6.07) is 6.73. The first-order valence-corrected chi connectivity index (χ1v) is 5.77. The lowest BCUT2D eigenvalue weighted by Gasteiger charge is -1.98. The average molecular weight is 226 g/mol. The minimum atomic E-state index is -3.53. The smallest absolute Gasteiger partial charge is 0.242 e. The van der Waals surface area contributed by atoms with E-state index in [4.69, 9.17) is 0 Å². The van der Waals surface area contributed by atoms with E-state index in [2.05, 4.69) is 4.72 Å². The first-order valence-electron chi connectivity index (χ1n) is 4.29. The number of rotatable bonds is 2. The molecule has 0 amide bonds. The van der Waals surface area contributed by atoms with Gasteiger partial charge in [0.25, 0.3) is 0 Å². The third-order valence-corrected chi connectivity index (χ3v) is 3.66. The van der Waals surface area contributed by atoms with Gasteiger partial charge in [0.05, 0.1) is 11.7 Å². The molecule has 2 rings (SSSR count). The van der Waals surface area contributed by atoms with Gasteiger partial charge in [-0.15, -0.1) is 0 Å². The van der Waals surface area contributed by atoms with Crippen LogP contribution in [0.3, 0.4) is 0 Å². The van der Waals surface area contributed by atoms with Gasteiger partial charge in [-0.05, 0) is 13.1 Å². The number of aromatic nitrogens is 1. The molecule has 1 aromatic heterocycles. The van der Waals surface area contributed by atoms with E-state index in [1.165, 1.54) is 13.2 Å². The monoisotopic (exact) mass is 226 g/mol. The van der Waals surface area contributed by atoms with Crippen molar-refractivity contribution in [3.63, 3.8) is 0 Å². The van der Waals surface area contributed by atoms with Crippen LogP contribution < -0.4 is 4.72 Å². The maximum Gasteiger partial charge on any atom is 0.242 e. The van der Waals surface area contributed by atoms with Crippen molar-refractivity contribution in [3.05, 3.63) is 30.5 Å². The zero-order valence-corrected chi connectivity index (χ0v) is 8.82. The molecule has 80 valence electrons. The second-order valence-electron chi connectivity index (χ2n) is 3.06. The number of sulfonamides is 1. The fourth-order valence-electron chi connectivity index (χ4n) is 1.46. The number of hydrogen-bond acceptors (Lipinski definition) is 3. The molecule has 15 heavy (non-hydrogen) atoms. The molecule has 0 aliphatic carbocycles. The van der Waals surface area contributed by atoms with Gasteiger partial charge in [0.1, 0.15) is 4.90 Å². The Morgan fingerprint density at radius 3 is 2.67 bits per heavy atom. The molecule has 0 aliphatic heterocycles. The van der Waals surface area contributed by atoms with Crippen molar-refractivity contribution in [1.82, 2.24) is 9.45 Å². The van der Waals surface area contributed by atoms with Crippen molar-refractivity contribution >= 4 is 20.9 Å². The number of nitrogens with one attached hydrogen (secondary N) is 1. The molecule has 0 fully saturated rings. The Balaban J connectivity index is 2.84. The Kier molecular flexibility index (Phi) is 2.17. The molecule has 0 saturated carbocycles. The first kappa shape index (κ1) is 10.0. The highest BCUT2D eigenvalue weighted by molar-refractivity contribution is 7.89. The molecule has 0 atom stereocenters. The Hall–Kier alpha value is -1.53. The molecule has 1 heterocycles. The minimum absolute atomic E-state index is 0.0723. The van der Waals surface area contributed by atoms with E-state index in [0.29, 0.717) is 10.9 Å². The maximum atomic E-state index is 11.6. The van der Waals surface area contributed by atoms with Gasteiger partial charge in [-0.2, -0.15) is 4.73 Å². The van der Waals surface area contributed by atoms with E-state index in [1.54, 1.807) is 24.3 Å². The summed E-state index contributed by atoms with van der Waals surface area (Å²) in [5.41, 5.74) is 0.464. The zero-order chi connectivity index (χ0) is 11.1. The minimum Gasteiger partial charge on any atom is -0.428 e. The lowest BCUT2D eigenvalue weighted by atomic mass is 10.2. The van der Waals surface area contributed by atoms with Crippen molar-refractivity contribution in [2.24, 2.45) is 0 Å². The van der Waals surface area contributed by atoms with Crippen LogP contribution in [0.5, 0.6) is 0 Å². The second-order valence-corrected chi connectivity index (χ2v) is 4.92. The van der Waals surface area contributed by atoms with E-state index in [-0.39, 0.29) is 4.90 Å². The van der Waals surface area contributed by atoms with Crippen LogP contribution in [0.15, 0.2) is 35.4 Å². The lowest BCUT2D eigenvalue weighted by molar-refractivity contribution is 0.199. The number of nitrogens with zero attached hydrogens (tertiary/aromatic N) is 1. The maximum absolute atomic E-state index is 11.6. The average Bonchev–Trinajstić information content (AvgIpc) is 2.58. The van der Waals surface area contributed by atoms with Crippen molar-refractivity contribution in [3.8, 4) is 0 Å². The highest BCUT2D eigenvalue weighted by atomic mass is 32.2. The van der Waals surface area contributed by atoms with Crippen LogP contribution in [0.2, 0.25) is 0 Å². The summed E-state index contributed by atoms with van der Waals surface area (Å²) in [5.74, 6) is 0. The Morgan fingerprint density at radius 2 is 2.00 bits per heavy atom. The molecule has 0 spiro atoms. The molecule has 0 radical (unpaired) electrons. The molecule has 0 unspecified atom stereocenters. The standard InChI is InChI=1S/C9H10N2O3S/c1-10-15(13,14)9-6-11(12)8-5-3-2-4-7(8)9/h2-6,10,12H,1H3.